The highest BCUT2D eigenvalue weighted by Crippen LogP contribution is 2.24. The van der Waals surface area contributed by atoms with E-state index in [0.717, 1.165) is 9.79 Å². The number of hydrogen-bond acceptors (Lipinski definition) is 1. The third-order valence-electron chi connectivity index (χ3n) is 1.45. The van der Waals surface area contributed by atoms with Crippen molar-refractivity contribution in [3.63, 3.8) is 0 Å². The first-order valence-electron chi connectivity index (χ1n) is 3.90. The van der Waals surface area contributed by atoms with Gasteiger partial charge in [-0.3, -0.25) is 0 Å². The van der Waals surface area contributed by atoms with Gasteiger partial charge in [0.25, 0.3) is 0 Å². The molecular weight excluding hydrogens is 176 g/mol. The Morgan fingerprint density at radius 3 is 1.46 bits per heavy atom. The van der Waals surface area contributed by atoms with Crippen molar-refractivity contribution in [2.24, 2.45) is 0 Å². The van der Waals surface area contributed by atoms with Crippen LogP contribution in [0.25, 0.3) is 0 Å². The maximum Gasteiger partial charge on any atom is 0.0280 e. The Labute approximate surface area is 82.6 Å². The molecule has 0 N–H and O–H groups in total. The summed E-state index contributed by atoms with van der Waals surface area (Å²) in [6, 6.07) is 23.7. The summed E-state index contributed by atoms with van der Waals surface area (Å²) < 4.78 is 0. The van der Waals surface area contributed by atoms with E-state index < -0.39 is 0 Å². The van der Waals surface area contributed by atoms with Crippen LogP contribution in [0, 0.1) is 24.3 Å². The minimum atomic E-state index is 0.973. The normalized spacial score (nSPS) is 9.85. The molecule has 0 saturated heterocycles. The first-order valence-corrected chi connectivity index (χ1v) is 4.71. The molecule has 0 unspecified atom stereocenters. The molecule has 0 fully saturated rings. The van der Waals surface area contributed by atoms with E-state index in [9.17, 15) is 0 Å². The van der Waals surface area contributed by atoms with Crippen LogP contribution in [0.15, 0.2) is 46.2 Å². The largest absolute Gasteiger partial charge is 0.0875 e. The van der Waals surface area contributed by atoms with Crippen LogP contribution in [0.5, 0.6) is 0 Å². The van der Waals surface area contributed by atoms with Gasteiger partial charge in [0.1, 0.15) is 0 Å². The van der Waals surface area contributed by atoms with Gasteiger partial charge in [0.05, 0.1) is 0 Å². The van der Waals surface area contributed by atoms with E-state index in [1.807, 2.05) is 36.4 Å². The van der Waals surface area contributed by atoms with Crippen molar-refractivity contribution < 1.29 is 0 Å². The van der Waals surface area contributed by atoms with E-state index >= 15 is 0 Å². The fourth-order valence-electron chi connectivity index (χ4n) is 0.895. The monoisotopic (exact) mass is 182 g/mol. The average Bonchev–Trinajstić information content (AvgIpc) is 2.21. The summed E-state index contributed by atoms with van der Waals surface area (Å²) in [5.74, 6) is 0. The van der Waals surface area contributed by atoms with Gasteiger partial charge in [0, 0.05) is 9.79 Å². The van der Waals surface area contributed by atoms with E-state index in [2.05, 4.69) is 24.3 Å². The van der Waals surface area contributed by atoms with Gasteiger partial charge in [-0.1, -0.05) is 48.2 Å². The van der Waals surface area contributed by atoms with Crippen molar-refractivity contribution in [3.8, 4) is 0 Å². The summed E-state index contributed by atoms with van der Waals surface area (Å²) in [5, 5.41) is 0. The summed E-state index contributed by atoms with van der Waals surface area (Å²) in [4.78, 5) is 1.95. The molecule has 13 heavy (non-hydrogen) atoms. The van der Waals surface area contributed by atoms with Gasteiger partial charge in [-0.15, -0.1) is 0 Å². The maximum atomic E-state index is 3.08. The lowest BCUT2D eigenvalue weighted by molar-refractivity contribution is 1.37. The molecule has 0 aliphatic heterocycles. The molecule has 2 aromatic carbocycles. The van der Waals surface area contributed by atoms with Crippen LogP contribution in [0.1, 0.15) is 0 Å². The van der Waals surface area contributed by atoms with Crippen LogP contribution in [-0.2, 0) is 0 Å². The van der Waals surface area contributed by atoms with Crippen molar-refractivity contribution in [2.75, 3.05) is 0 Å². The topological polar surface area (TPSA) is 0 Å². The number of hydrogen-bond donors (Lipinski definition) is 0. The summed E-state index contributed by atoms with van der Waals surface area (Å²) in [6.45, 7) is 0. The van der Waals surface area contributed by atoms with Crippen molar-refractivity contribution in [3.05, 3.63) is 60.7 Å². The van der Waals surface area contributed by atoms with E-state index in [0.29, 0.717) is 0 Å². The highest BCUT2D eigenvalue weighted by molar-refractivity contribution is 7.99. The Balaban J connectivity index is 2.16. The van der Waals surface area contributed by atoms with Crippen molar-refractivity contribution in [1.82, 2.24) is 0 Å². The molecule has 0 bridgehead atoms. The summed E-state index contributed by atoms with van der Waals surface area (Å²) in [6.07, 6.45) is 0. The Morgan fingerprint density at radius 1 is 0.692 bits per heavy atom. The molecule has 0 aliphatic carbocycles. The van der Waals surface area contributed by atoms with E-state index in [1.54, 1.807) is 11.8 Å². The van der Waals surface area contributed by atoms with E-state index in [1.165, 1.54) is 0 Å². The number of rotatable bonds is 2. The molecule has 0 atom stereocenters. The highest BCUT2D eigenvalue weighted by Gasteiger charge is 1.95. The first kappa shape index (κ1) is 8.39. The molecule has 0 spiro atoms. The van der Waals surface area contributed by atoms with Gasteiger partial charge in [-0.05, 0) is 24.3 Å². The SMILES string of the molecule is [c]1ccc[c]c1Sc1[c]ccc[c]1. The standard InChI is InChI=1S/C12H6S/c1-3-7-11(8-4-1)13-12-9-5-2-6-10-12/h1-6H. The fraction of sp³-hybridized carbons (Fsp3) is 0. The fourth-order valence-corrected chi connectivity index (χ4v) is 1.61. The second-order valence-corrected chi connectivity index (χ2v) is 3.41. The molecule has 2 rings (SSSR count). The van der Waals surface area contributed by atoms with Crippen LogP contribution in [0.3, 0.4) is 0 Å². The average molecular weight is 182 g/mol. The lowest BCUT2D eigenvalue weighted by atomic mass is 10.4. The van der Waals surface area contributed by atoms with Gasteiger partial charge in [0.15, 0.2) is 0 Å². The molecule has 0 nitrogen and oxygen atoms in total. The van der Waals surface area contributed by atoms with Gasteiger partial charge in [-0.2, -0.15) is 0 Å². The van der Waals surface area contributed by atoms with Crippen molar-refractivity contribution in [2.45, 2.75) is 9.79 Å². The van der Waals surface area contributed by atoms with E-state index in [4.69, 9.17) is 0 Å². The third kappa shape index (κ3) is 2.36. The number of benzene rings is 2. The molecular formula is C12H6S. The second-order valence-electron chi connectivity index (χ2n) is 2.39. The Morgan fingerprint density at radius 2 is 1.08 bits per heavy atom. The molecule has 4 radical (unpaired) electrons. The summed E-state index contributed by atoms with van der Waals surface area (Å²) >= 11 is 1.57. The zero-order valence-electron chi connectivity index (χ0n) is 6.87. The molecule has 2 aromatic rings. The Hall–Kier alpha value is -1.21. The van der Waals surface area contributed by atoms with Gasteiger partial charge in [0.2, 0.25) is 0 Å². The highest BCUT2D eigenvalue weighted by atomic mass is 32.2. The Kier molecular flexibility index (Phi) is 2.68. The third-order valence-corrected chi connectivity index (χ3v) is 2.33. The van der Waals surface area contributed by atoms with Crippen LogP contribution >= 0.6 is 11.8 Å². The molecule has 0 aromatic heterocycles. The molecule has 0 heterocycles. The zero-order chi connectivity index (χ0) is 8.93. The Bertz CT molecular complexity index is 316. The predicted molar refractivity (Wildman–Crippen MR) is 52.4 cm³/mol. The summed E-state index contributed by atoms with van der Waals surface area (Å²) in [7, 11) is 0. The summed E-state index contributed by atoms with van der Waals surface area (Å²) in [5.41, 5.74) is 0. The second kappa shape index (κ2) is 4.15. The first-order chi connectivity index (χ1) is 6.45. The quantitative estimate of drug-likeness (QED) is 0.688. The van der Waals surface area contributed by atoms with Crippen LogP contribution in [0.2, 0.25) is 0 Å². The lowest BCUT2D eigenvalue weighted by Gasteiger charge is -1.97. The predicted octanol–water partition coefficient (Wildman–Crippen LogP) is 3.04. The minimum absolute atomic E-state index is 0.973. The minimum Gasteiger partial charge on any atom is -0.0875 e. The zero-order valence-corrected chi connectivity index (χ0v) is 7.69. The van der Waals surface area contributed by atoms with Gasteiger partial charge >= 0.3 is 0 Å². The van der Waals surface area contributed by atoms with Crippen molar-refractivity contribution in [1.29, 1.82) is 0 Å². The van der Waals surface area contributed by atoms with Gasteiger partial charge in [-0.25, -0.2) is 0 Å². The van der Waals surface area contributed by atoms with Crippen LogP contribution in [0.4, 0.5) is 0 Å². The lowest BCUT2D eigenvalue weighted by Crippen LogP contribution is -1.73. The molecule has 60 valence electrons. The molecule has 0 aliphatic rings. The van der Waals surface area contributed by atoms with E-state index in [-0.39, 0.29) is 0 Å². The van der Waals surface area contributed by atoms with Crippen LogP contribution < -0.4 is 0 Å². The molecule has 1 heteroatoms. The van der Waals surface area contributed by atoms with Crippen LogP contribution in [-0.4, -0.2) is 0 Å². The van der Waals surface area contributed by atoms with Gasteiger partial charge < -0.3 is 0 Å². The molecule has 0 amide bonds. The van der Waals surface area contributed by atoms with Crippen molar-refractivity contribution >= 4 is 11.8 Å². The molecule has 0 saturated carbocycles. The maximum absolute atomic E-state index is 3.08. The smallest absolute Gasteiger partial charge is 0.0280 e.